The van der Waals surface area contributed by atoms with Gasteiger partial charge in [0.05, 0.1) is 0 Å². The van der Waals surface area contributed by atoms with E-state index in [1.54, 1.807) is 6.07 Å². The topological polar surface area (TPSA) is 71.0 Å². The number of nitrogens with one attached hydrogen (secondary N) is 1. The van der Waals surface area contributed by atoms with Crippen LogP contribution in [0.4, 0.5) is 5.82 Å². The molecule has 0 saturated carbocycles. The van der Waals surface area contributed by atoms with Crippen molar-refractivity contribution in [2.75, 3.05) is 18.9 Å². The van der Waals surface area contributed by atoms with Crippen LogP contribution in [0, 0.1) is 13.8 Å². The highest BCUT2D eigenvalue weighted by Crippen LogP contribution is 2.38. The molecule has 1 unspecified atom stereocenters. The molecule has 1 amide bonds. The highest BCUT2D eigenvalue weighted by Gasteiger charge is 2.44. The molecule has 0 radical (unpaired) electrons. The normalized spacial score (nSPS) is 20.2. The lowest BCUT2D eigenvalue weighted by atomic mass is 9.97. The summed E-state index contributed by atoms with van der Waals surface area (Å²) in [4.78, 5) is 28.5. The van der Waals surface area contributed by atoms with Crippen LogP contribution in [0.1, 0.15) is 47.5 Å². The second-order valence-electron chi connectivity index (χ2n) is 6.47. The quantitative estimate of drug-likeness (QED) is 0.939. The summed E-state index contributed by atoms with van der Waals surface area (Å²) in [7, 11) is 1.84. The maximum Gasteiger partial charge on any atom is 0.273 e. The Morgan fingerprint density at radius 3 is 2.71 bits per heavy atom. The van der Waals surface area contributed by atoms with E-state index in [0.717, 1.165) is 30.0 Å². The third-order valence-corrected chi connectivity index (χ3v) is 4.59. The molecule has 1 N–H and O–H groups in total. The number of carbonyl (C=O) groups excluding carboxylic acids is 1. The van der Waals surface area contributed by atoms with Crippen molar-refractivity contribution in [3.63, 3.8) is 0 Å². The van der Waals surface area contributed by atoms with Gasteiger partial charge >= 0.3 is 0 Å². The lowest BCUT2D eigenvalue weighted by molar-refractivity contribution is 0.0597. The molecule has 1 aliphatic heterocycles. The van der Waals surface area contributed by atoms with E-state index in [-0.39, 0.29) is 5.91 Å². The number of hydrogen-bond donors (Lipinski definition) is 1. The van der Waals surface area contributed by atoms with Crippen LogP contribution in [0.25, 0.3) is 0 Å². The number of nitrogens with zero attached hydrogens (tertiary/aromatic N) is 4. The summed E-state index contributed by atoms with van der Waals surface area (Å²) in [5.74, 6) is 1.40. The molecule has 3 rings (SSSR count). The molecule has 0 aromatic carbocycles. The fourth-order valence-electron chi connectivity index (χ4n) is 3.26. The van der Waals surface area contributed by atoms with Gasteiger partial charge < -0.3 is 10.2 Å². The average molecular weight is 325 g/mol. The van der Waals surface area contributed by atoms with E-state index in [1.807, 2.05) is 50.9 Å². The molecule has 24 heavy (non-hydrogen) atoms. The molecule has 1 atom stereocenters. The Balaban J connectivity index is 2.00. The standard InChI is InChI=1S/C18H23N5O/c1-12-7-5-8-14(20-12)16(24)23-10-6-9-18(23,3)17-21-13(2)11-15(19-4)22-17/h5,7-8,11H,6,9-10H2,1-4H3,(H,19,21,22). The molecule has 6 nitrogen and oxygen atoms in total. The second kappa shape index (κ2) is 6.19. The van der Waals surface area contributed by atoms with E-state index < -0.39 is 5.54 Å². The summed E-state index contributed by atoms with van der Waals surface area (Å²) < 4.78 is 0. The van der Waals surface area contributed by atoms with Crippen molar-refractivity contribution in [2.45, 2.75) is 39.2 Å². The van der Waals surface area contributed by atoms with Crippen molar-refractivity contribution < 1.29 is 4.79 Å². The van der Waals surface area contributed by atoms with Crippen molar-refractivity contribution in [3.05, 3.63) is 47.2 Å². The fraction of sp³-hybridized carbons (Fsp3) is 0.444. The van der Waals surface area contributed by atoms with Gasteiger partial charge in [-0.05, 0) is 45.7 Å². The third kappa shape index (κ3) is 2.84. The average Bonchev–Trinajstić information content (AvgIpc) is 2.96. The van der Waals surface area contributed by atoms with Crippen molar-refractivity contribution in [2.24, 2.45) is 0 Å². The van der Waals surface area contributed by atoms with Gasteiger partial charge in [0.2, 0.25) is 0 Å². The third-order valence-electron chi connectivity index (χ3n) is 4.59. The minimum absolute atomic E-state index is 0.0604. The first-order chi connectivity index (χ1) is 11.4. The zero-order chi connectivity index (χ0) is 17.3. The number of amides is 1. The first kappa shape index (κ1) is 16.4. The maximum atomic E-state index is 13.0. The fourth-order valence-corrected chi connectivity index (χ4v) is 3.26. The number of pyridine rings is 1. The summed E-state index contributed by atoms with van der Waals surface area (Å²) in [5, 5.41) is 3.07. The highest BCUT2D eigenvalue weighted by atomic mass is 16.2. The van der Waals surface area contributed by atoms with Gasteiger partial charge in [-0.25, -0.2) is 15.0 Å². The Hall–Kier alpha value is -2.50. The van der Waals surface area contributed by atoms with Gasteiger partial charge in [-0.15, -0.1) is 0 Å². The number of carbonyl (C=O) groups is 1. The van der Waals surface area contributed by atoms with Gasteiger partial charge in [-0.3, -0.25) is 4.79 Å². The summed E-state index contributed by atoms with van der Waals surface area (Å²) in [5.41, 5.74) is 1.69. The zero-order valence-corrected chi connectivity index (χ0v) is 14.6. The van der Waals surface area contributed by atoms with Gasteiger partial charge in [0.15, 0.2) is 5.82 Å². The van der Waals surface area contributed by atoms with E-state index in [1.165, 1.54) is 0 Å². The Bertz CT molecular complexity index is 776. The molecule has 0 bridgehead atoms. The van der Waals surface area contributed by atoms with E-state index in [2.05, 4.69) is 20.3 Å². The number of rotatable bonds is 3. The largest absolute Gasteiger partial charge is 0.373 e. The van der Waals surface area contributed by atoms with E-state index >= 15 is 0 Å². The minimum Gasteiger partial charge on any atom is -0.373 e. The predicted octanol–water partition coefficient (Wildman–Crippen LogP) is 2.68. The first-order valence-corrected chi connectivity index (χ1v) is 8.23. The summed E-state index contributed by atoms with van der Waals surface area (Å²) in [6.45, 7) is 6.57. The van der Waals surface area contributed by atoms with Crippen LogP contribution in [-0.4, -0.2) is 39.4 Å². The molecule has 0 spiro atoms. The molecule has 2 aromatic rings. The lowest BCUT2D eigenvalue weighted by Crippen LogP contribution is -2.44. The molecule has 6 heteroatoms. The second-order valence-corrected chi connectivity index (χ2v) is 6.47. The zero-order valence-electron chi connectivity index (χ0n) is 14.6. The summed E-state index contributed by atoms with van der Waals surface area (Å²) in [6, 6.07) is 7.42. The van der Waals surface area contributed by atoms with Gasteiger partial charge in [0.25, 0.3) is 5.91 Å². The molecular formula is C18H23N5O. The smallest absolute Gasteiger partial charge is 0.273 e. The van der Waals surface area contributed by atoms with Crippen LogP contribution in [0.15, 0.2) is 24.3 Å². The predicted molar refractivity (Wildman–Crippen MR) is 92.9 cm³/mol. The molecule has 1 saturated heterocycles. The molecule has 126 valence electrons. The highest BCUT2D eigenvalue weighted by molar-refractivity contribution is 5.93. The number of aryl methyl sites for hydroxylation is 2. The van der Waals surface area contributed by atoms with E-state index in [4.69, 9.17) is 0 Å². The van der Waals surface area contributed by atoms with E-state index in [9.17, 15) is 4.79 Å². The number of anilines is 1. The Morgan fingerprint density at radius 2 is 2.00 bits per heavy atom. The minimum atomic E-state index is -0.514. The Labute approximate surface area is 142 Å². The van der Waals surface area contributed by atoms with Crippen molar-refractivity contribution in [3.8, 4) is 0 Å². The molecular weight excluding hydrogens is 302 g/mol. The van der Waals surface area contributed by atoms with Gasteiger partial charge in [0, 0.05) is 31.0 Å². The van der Waals surface area contributed by atoms with Crippen LogP contribution >= 0.6 is 0 Å². The van der Waals surface area contributed by atoms with Crippen LogP contribution in [0.5, 0.6) is 0 Å². The first-order valence-electron chi connectivity index (χ1n) is 8.23. The van der Waals surface area contributed by atoms with Gasteiger partial charge in [-0.1, -0.05) is 6.07 Å². The Morgan fingerprint density at radius 1 is 1.21 bits per heavy atom. The summed E-state index contributed by atoms with van der Waals surface area (Å²) in [6.07, 6.45) is 1.78. The van der Waals surface area contributed by atoms with Gasteiger partial charge in [0.1, 0.15) is 17.1 Å². The maximum absolute atomic E-state index is 13.0. The van der Waals surface area contributed by atoms with Crippen LogP contribution in [0.2, 0.25) is 0 Å². The molecule has 1 aliphatic rings. The van der Waals surface area contributed by atoms with E-state index in [0.29, 0.717) is 18.1 Å². The van der Waals surface area contributed by atoms with Crippen LogP contribution < -0.4 is 5.32 Å². The van der Waals surface area contributed by atoms with Crippen molar-refractivity contribution in [1.82, 2.24) is 19.9 Å². The number of hydrogen-bond acceptors (Lipinski definition) is 5. The number of aromatic nitrogens is 3. The van der Waals surface area contributed by atoms with Crippen LogP contribution in [-0.2, 0) is 5.54 Å². The van der Waals surface area contributed by atoms with Crippen LogP contribution in [0.3, 0.4) is 0 Å². The SMILES string of the molecule is CNc1cc(C)nc(C2(C)CCCN2C(=O)c2cccc(C)n2)n1. The molecule has 2 aromatic heterocycles. The molecule has 0 aliphatic carbocycles. The lowest BCUT2D eigenvalue weighted by Gasteiger charge is -2.34. The monoisotopic (exact) mass is 325 g/mol. The van der Waals surface area contributed by atoms with Crippen molar-refractivity contribution in [1.29, 1.82) is 0 Å². The summed E-state index contributed by atoms with van der Waals surface area (Å²) >= 11 is 0. The molecule has 1 fully saturated rings. The van der Waals surface area contributed by atoms with Gasteiger partial charge in [-0.2, -0.15) is 0 Å². The molecule has 3 heterocycles. The Kier molecular flexibility index (Phi) is 4.22. The number of likely N-dealkylation sites (tertiary alicyclic amines) is 1. The van der Waals surface area contributed by atoms with Crippen molar-refractivity contribution >= 4 is 11.7 Å².